The van der Waals surface area contributed by atoms with Crippen molar-refractivity contribution in [1.82, 2.24) is 4.98 Å². The van der Waals surface area contributed by atoms with E-state index in [1.54, 1.807) is 75.8 Å². The number of methoxy groups -OCH3 is 1. The molecule has 0 saturated carbocycles. The summed E-state index contributed by atoms with van der Waals surface area (Å²) in [6, 6.07) is 33.3. The van der Waals surface area contributed by atoms with Gasteiger partial charge in [-0.15, -0.1) is 9.24 Å². The number of nitrogens with zero attached hydrogens (tertiary/aromatic N) is 3. The van der Waals surface area contributed by atoms with Gasteiger partial charge in [-0.2, -0.15) is 0 Å². The number of aldehydes is 1. The summed E-state index contributed by atoms with van der Waals surface area (Å²) in [7, 11) is 7.83. The third-order valence-corrected chi connectivity index (χ3v) is 7.18. The summed E-state index contributed by atoms with van der Waals surface area (Å²) in [4.78, 5) is 48.4. The maximum absolute atomic E-state index is 12.7. The molecule has 280 valence electrons. The molecule has 1 N–H and O–H groups in total. The van der Waals surface area contributed by atoms with Gasteiger partial charge in [0.15, 0.2) is 0 Å². The van der Waals surface area contributed by atoms with Gasteiger partial charge in [0.05, 0.1) is 7.11 Å². The summed E-state index contributed by atoms with van der Waals surface area (Å²) in [5, 5.41) is 4.10. The lowest BCUT2D eigenvalue weighted by molar-refractivity contribution is -0.120. The van der Waals surface area contributed by atoms with E-state index in [1.807, 2.05) is 61.6 Å². The van der Waals surface area contributed by atoms with Crippen LogP contribution in [0.25, 0.3) is 0 Å². The first-order valence-corrected chi connectivity index (χ1v) is 16.7. The number of hydrogen-bond acceptors (Lipinski definition) is 9. The molecule has 11 nitrogen and oxygen atoms in total. The summed E-state index contributed by atoms with van der Waals surface area (Å²) in [6.45, 7) is 2.07. The van der Waals surface area contributed by atoms with E-state index in [2.05, 4.69) is 24.3 Å². The van der Waals surface area contributed by atoms with Crippen molar-refractivity contribution in [3.63, 3.8) is 0 Å². The monoisotopic (exact) mass is 752 g/mol. The highest BCUT2D eigenvalue weighted by Gasteiger charge is 2.05. The number of nitrogens with one attached hydrogen (secondary N) is 1. The van der Waals surface area contributed by atoms with Gasteiger partial charge in [-0.25, -0.2) is 9.37 Å². The zero-order valence-corrected chi connectivity index (χ0v) is 31.4. The molecule has 1 aromatic heterocycles. The van der Waals surface area contributed by atoms with Gasteiger partial charge in [-0.1, -0.05) is 42.5 Å². The molecule has 0 saturated heterocycles. The van der Waals surface area contributed by atoms with Gasteiger partial charge in [0.25, 0.3) is 6.47 Å². The second-order valence-corrected chi connectivity index (χ2v) is 11.2. The summed E-state index contributed by atoms with van der Waals surface area (Å²) < 4.78 is 27.9. The van der Waals surface area contributed by atoms with E-state index >= 15 is 0 Å². The van der Waals surface area contributed by atoms with Crippen LogP contribution in [0.15, 0.2) is 145 Å². The van der Waals surface area contributed by atoms with E-state index in [1.165, 1.54) is 40.3 Å². The molecule has 4 aromatic carbocycles. The van der Waals surface area contributed by atoms with Crippen molar-refractivity contribution < 1.29 is 37.8 Å². The first kappa shape index (κ1) is 43.5. The van der Waals surface area contributed by atoms with E-state index < -0.39 is 0 Å². The number of amides is 2. The van der Waals surface area contributed by atoms with Crippen LogP contribution in [0, 0.1) is 5.82 Å². The zero-order valence-electron chi connectivity index (χ0n) is 30.2. The number of hydrogen-bond donors (Lipinski definition) is 1. The number of anilines is 3. The van der Waals surface area contributed by atoms with Gasteiger partial charge >= 0.3 is 0 Å². The number of aromatic nitrogens is 1. The molecule has 5 rings (SSSR count). The van der Waals surface area contributed by atoms with E-state index in [9.17, 15) is 23.6 Å². The number of benzene rings is 4. The molecule has 0 aliphatic rings. The number of ether oxygens (including phenoxy) is 3. The van der Waals surface area contributed by atoms with Gasteiger partial charge < -0.3 is 24.4 Å². The van der Waals surface area contributed by atoms with Crippen molar-refractivity contribution in [2.24, 2.45) is 0 Å². The Hall–Kier alpha value is -6.65. The minimum atomic E-state index is -0.361. The molecule has 13 heteroatoms. The Morgan fingerprint density at radius 2 is 1.43 bits per heavy atom. The van der Waals surface area contributed by atoms with E-state index in [0.29, 0.717) is 54.2 Å². The molecule has 1 unspecified atom stereocenters. The average Bonchev–Trinajstić information content (AvgIpc) is 3.21. The largest absolute Gasteiger partial charge is 0.497 e. The van der Waals surface area contributed by atoms with Crippen LogP contribution in [-0.2, 0) is 19.2 Å². The lowest BCUT2D eigenvalue weighted by Gasteiger charge is -2.12. The molecule has 1 atom stereocenters. The standard InChI is InChI=1S/C14H16N3O2P.C13H12FNO2.C7H6O2.C7H8O/c1-15-12-4-3-10(7-13(12)20)19-11-5-6-16-14(8-11)17(2)9-18;1-11(9-16)3-2-8-15(10-17)13-6-4-12(14)5-7-13;8-6-9-7-4-2-1-3-5-7;1-8-7-5-3-2-4-6-7/h3-9,15H,20H2,1-2H3;2-10H,1H3;1-6H;2-6H,1H3/b;8-2-,11-3+;;. The Balaban J connectivity index is 0.000000266. The van der Waals surface area contributed by atoms with Crippen LogP contribution in [-0.4, -0.2) is 51.8 Å². The molecule has 2 amide bonds. The fraction of sp³-hybridized carbons (Fsp3) is 0.0976. The number of para-hydroxylation sites is 2. The van der Waals surface area contributed by atoms with Crippen LogP contribution < -0.4 is 34.6 Å². The minimum Gasteiger partial charge on any atom is -0.497 e. The molecule has 0 spiro atoms. The number of rotatable bonds is 13. The van der Waals surface area contributed by atoms with Crippen LogP contribution in [0.3, 0.4) is 0 Å². The SMILES string of the molecule is C/C(C=O)=C\C=C/N(C=O)c1ccc(F)cc1.CNc1ccc(Oc2ccnc(N(C)C=O)c2)cc1P.COc1ccccc1.O=COc1ccccc1. The summed E-state index contributed by atoms with van der Waals surface area (Å²) in [5.74, 6) is 3.01. The van der Waals surface area contributed by atoms with Crippen LogP contribution in [0.1, 0.15) is 6.92 Å². The Labute approximate surface area is 316 Å². The predicted molar refractivity (Wildman–Crippen MR) is 214 cm³/mol. The molecular formula is C41H42FN4O7P. The molecule has 0 fully saturated rings. The third-order valence-electron chi connectivity index (χ3n) is 6.70. The lowest BCUT2D eigenvalue weighted by Crippen LogP contribution is -2.14. The Morgan fingerprint density at radius 1 is 0.796 bits per heavy atom. The van der Waals surface area contributed by atoms with Gasteiger partial charge in [0.1, 0.15) is 40.9 Å². The maximum Gasteiger partial charge on any atom is 0.298 e. The fourth-order valence-corrected chi connectivity index (χ4v) is 4.32. The molecule has 1 heterocycles. The van der Waals surface area contributed by atoms with Crippen LogP contribution >= 0.6 is 9.24 Å². The van der Waals surface area contributed by atoms with Crippen molar-refractivity contribution in [2.75, 3.05) is 36.3 Å². The van der Waals surface area contributed by atoms with Gasteiger partial charge in [0, 0.05) is 43.9 Å². The highest BCUT2D eigenvalue weighted by Crippen LogP contribution is 2.25. The Morgan fingerprint density at radius 3 is 1.94 bits per heavy atom. The second kappa shape index (κ2) is 25.3. The number of pyridine rings is 1. The number of halogens is 1. The van der Waals surface area contributed by atoms with Crippen LogP contribution in [0.2, 0.25) is 0 Å². The average molecular weight is 753 g/mol. The summed E-state index contributed by atoms with van der Waals surface area (Å²) >= 11 is 0. The first-order valence-electron chi connectivity index (χ1n) is 16.1. The molecule has 0 aliphatic carbocycles. The van der Waals surface area contributed by atoms with E-state index in [0.717, 1.165) is 22.5 Å². The molecule has 0 radical (unpaired) electrons. The maximum atomic E-state index is 12.7. The van der Waals surface area contributed by atoms with Crippen molar-refractivity contribution in [3.05, 3.63) is 151 Å². The normalized spacial score (nSPS) is 10.0. The molecule has 54 heavy (non-hydrogen) atoms. The lowest BCUT2D eigenvalue weighted by atomic mass is 10.3. The molecule has 0 bridgehead atoms. The predicted octanol–water partition coefficient (Wildman–Crippen LogP) is 7.37. The molecule has 0 aliphatic heterocycles. The zero-order chi connectivity index (χ0) is 39.6. The highest BCUT2D eigenvalue weighted by atomic mass is 31.0. The smallest absolute Gasteiger partial charge is 0.298 e. The van der Waals surface area contributed by atoms with Crippen molar-refractivity contribution in [2.45, 2.75) is 6.92 Å². The molecule has 5 aromatic rings. The molecular weight excluding hydrogens is 710 g/mol. The quantitative estimate of drug-likeness (QED) is 0.0568. The van der Waals surface area contributed by atoms with E-state index in [-0.39, 0.29) is 5.82 Å². The van der Waals surface area contributed by atoms with Gasteiger partial charge in [-0.05, 0) is 96.7 Å². The van der Waals surface area contributed by atoms with Gasteiger partial charge in [-0.3, -0.25) is 24.1 Å². The summed E-state index contributed by atoms with van der Waals surface area (Å²) in [6.07, 6.45) is 8.27. The minimum absolute atomic E-state index is 0.361. The first-order chi connectivity index (χ1) is 26.2. The van der Waals surface area contributed by atoms with E-state index in [4.69, 9.17) is 9.47 Å². The highest BCUT2D eigenvalue weighted by molar-refractivity contribution is 7.28. The van der Waals surface area contributed by atoms with Crippen molar-refractivity contribution in [3.8, 4) is 23.0 Å². The Bertz CT molecular complexity index is 1930. The topological polar surface area (TPSA) is 127 Å². The fourth-order valence-electron chi connectivity index (χ4n) is 3.91. The van der Waals surface area contributed by atoms with Crippen molar-refractivity contribution in [1.29, 1.82) is 0 Å². The third kappa shape index (κ3) is 16.6. The van der Waals surface area contributed by atoms with Gasteiger partial charge in [0.2, 0.25) is 12.8 Å². The number of carbonyl (C=O) groups is 4. The second-order valence-electron chi connectivity index (χ2n) is 10.6. The van der Waals surface area contributed by atoms with Crippen LogP contribution in [0.4, 0.5) is 21.6 Å². The number of carbonyl (C=O) groups excluding carboxylic acids is 4. The van der Waals surface area contributed by atoms with Crippen molar-refractivity contribution >= 4 is 57.3 Å². The number of allylic oxidation sites excluding steroid dienone is 3. The summed E-state index contributed by atoms with van der Waals surface area (Å²) in [5.41, 5.74) is 2.12. The Kier molecular flexibility index (Phi) is 20.4. The van der Waals surface area contributed by atoms with Crippen LogP contribution in [0.5, 0.6) is 23.0 Å².